The Bertz CT molecular complexity index is 180. The third-order valence-corrected chi connectivity index (χ3v) is 1.51. The molecule has 0 saturated carbocycles. The minimum absolute atomic E-state index is 0.456. The largest absolute Gasteiger partial charge is 0.427 e. The molecule has 0 spiro atoms. The van der Waals surface area contributed by atoms with Crippen molar-refractivity contribution >= 4 is 24.8 Å². The summed E-state index contributed by atoms with van der Waals surface area (Å²) < 4.78 is 4.21. The van der Waals surface area contributed by atoms with Crippen molar-refractivity contribution in [1.82, 2.24) is 4.90 Å². The van der Waals surface area contributed by atoms with Gasteiger partial charge in [-0.1, -0.05) is 0 Å². The van der Waals surface area contributed by atoms with Crippen LogP contribution in [0.25, 0.3) is 0 Å². The quantitative estimate of drug-likeness (QED) is 0.418. The Hall–Kier alpha value is -0.710. The molecule has 4 nitrogen and oxygen atoms in total. The van der Waals surface area contributed by atoms with Gasteiger partial charge >= 0.3 is 6.09 Å². The summed E-state index contributed by atoms with van der Waals surface area (Å²) in [6.07, 6.45) is -0.456. The van der Waals surface area contributed by atoms with Crippen molar-refractivity contribution < 1.29 is 8.98 Å². The summed E-state index contributed by atoms with van der Waals surface area (Å²) >= 11 is 3.38. The molecule has 56 valence electrons. The normalized spacial score (nSPS) is 17.0. The third-order valence-electron chi connectivity index (χ3n) is 1.35. The van der Waals surface area contributed by atoms with Crippen LogP contribution >= 0.6 is 12.9 Å². The topological polar surface area (TPSA) is 41.9 Å². The smallest absolute Gasteiger partial charge is 0.378 e. The molecule has 0 aromatic carbocycles. The van der Waals surface area contributed by atoms with Gasteiger partial charge in [-0.05, 0) is 6.92 Å². The third kappa shape index (κ3) is 1.23. The van der Waals surface area contributed by atoms with E-state index in [1.165, 1.54) is 4.90 Å². The molecule has 0 fully saturated rings. The van der Waals surface area contributed by atoms with E-state index in [0.717, 1.165) is 0 Å². The van der Waals surface area contributed by atoms with Gasteiger partial charge in [-0.2, -0.15) is 0 Å². The fourth-order valence-electron chi connectivity index (χ4n) is 0.832. The number of nitrogens with zero attached hydrogens (tertiary/aromatic N) is 2. The van der Waals surface area contributed by atoms with E-state index in [1.54, 1.807) is 6.92 Å². The van der Waals surface area contributed by atoms with Crippen LogP contribution in [-0.4, -0.2) is 29.9 Å². The van der Waals surface area contributed by atoms with Gasteiger partial charge in [0.2, 0.25) is 0 Å². The van der Waals surface area contributed by atoms with Gasteiger partial charge in [0.25, 0.3) is 0 Å². The van der Waals surface area contributed by atoms with Crippen LogP contribution in [0.1, 0.15) is 6.92 Å². The molecule has 0 aromatic rings. The van der Waals surface area contributed by atoms with Gasteiger partial charge in [-0.3, -0.25) is 9.89 Å². The van der Waals surface area contributed by atoms with Crippen LogP contribution in [0.15, 0.2) is 4.99 Å². The van der Waals surface area contributed by atoms with Crippen molar-refractivity contribution in [3.8, 4) is 0 Å². The molecule has 1 aliphatic heterocycles. The lowest BCUT2D eigenvalue weighted by atomic mass is 10.6. The van der Waals surface area contributed by atoms with Crippen molar-refractivity contribution in [2.75, 3.05) is 13.1 Å². The van der Waals surface area contributed by atoms with Crippen molar-refractivity contribution in [3.05, 3.63) is 0 Å². The molecular formula is C5H8N2O2S. The summed E-state index contributed by atoms with van der Waals surface area (Å²) in [5.74, 6) is 0.694. The highest BCUT2D eigenvalue weighted by Crippen LogP contribution is 2.03. The minimum atomic E-state index is -0.456. The van der Waals surface area contributed by atoms with E-state index in [4.69, 9.17) is 0 Å². The predicted octanol–water partition coefficient (Wildman–Crippen LogP) is 0.702. The van der Waals surface area contributed by atoms with Crippen molar-refractivity contribution in [2.45, 2.75) is 6.92 Å². The SMILES string of the molecule is CC1=NCCN1C(=O)OS. The Morgan fingerprint density at radius 1 is 1.90 bits per heavy atom. The number of hydrogen-bond donors (Lipinski definition) is 1. The average Bonchev–Trinajstić information content (AvgIpc) is 2.34. The molecule has 10 heavy (non-hydrogen) atoms. The molecular weight excluding hydrogens is 152 g/mol. The fraction of sp³-hybridized carbons (Fsp3) is 0.600. The van der Waals surface area contributed by atoms with Gasteiger partial charge in [0.05, 0.1) is 13.1 Å². The summed E-state index contributed by atoms with van der Waals surface area (Å²) in [5, 5.41) is 0. The molecule has 0 bridgehead atoms. The Morgan fingerprint density at radius 2 is 2.60 bits per heavy atom. The van der Waals surface area contributed by atoms with Gasteiger partial charge in [-0.25, -0.2) is 4.79 Å². The lowest BCUT2D eigenvalue weighted by molar-refractivity contribution is 0.188. The second-order valence-corrected chi connectivity index (χ2v) is 2.12. The van der Waals surface area contributed by atoms with Crippen molar-refractivity contribution in [3.63, 3.8) is 0 Å². The van der Waals surface area contributed by atoms with Crippen LogP contribution in [0.3, 0.4) is 0 Å². The number of amides is 1. The summed E-state index contributed by atoms with van der Waals surface area (Å²) in [6, 6.07) is 0. The highest BCUT2D eigenvalue weighted by atomic mass is 32.1. The maximum Gasteiger partial charge on any atom is 0.427 e. The zero-order valence-electron chi connectivity index (χ0n) is 5.57. The van der Waals surface area contributed by atoms with Gasteiger partial charge in [-0.15, -0.1) is 0 Å². The molecule has 0 radical (unpaired) electrons. The Labute approximate surface area is 64.5 Å². The summed E-state index contributed by atoms with van der Waals surface area (Å²) in [5.41, 5.74) is 0. The van der Waals surface area contributed by atoms with Crippen LogP contribution in [0, 0.1) is 0 Å². The van der Waals surface area contributed by atoms with E-state index in [9.17, 15) is 4.79 Å². The molecule has 0 saturated heterocycles. The number of carbonyl (C=O) groups excluding carboxylic acids is 1. The lowest BCUT2D eigenvalue weighted by Gasteiger charge is -2.11. The van der Waals surface area contributed by atoms with Crippen LogP contribution in [0.2, 0.25) is 0 Å². The molecule has 1 heterocycles. The standard InChI is InChI=1S/C5H8N2O2S/c1-4-6-2-3-7(4)5(8)9-10/h10H,2-3H2,1H3. The molecule has 5 heteroatoms. The first kappa shape index (κ1) is 7.40. The number of amidine groups is 1. The molecule has 1 amide bonds. The summed E-state index contributed by atoms with van der Waals surface area (Å²) in [6.45, 7) is 3.03. The first-order valence-electron chi connectivity index (χ1n) is 2.89. The molecule has 0 aromatic heterocycles. The molecule has 1 aliphatic rings. The first-order chi connectivity index (χ1) is 4.75. The maximum atomic E-state index is 10.8. The monoisotopic (exact) mass is 160 g/mol. The van der Waals surface area contributed by atoms with E-state index in [0.29, 0.717) is 18.9 Å². The highest BCUT2D eigenvalue weighted by Gasteiger charge is 2.20. The van der Waals surface area contributed by atoms with Gasteiger partial charge in [0, 0.05) is 12.9 Å². The van der Waals surface area contributed by atoms with Crippen LogP contribution < -0.4 is 0 Å². The Balaban J connectivity index is 2.57. The van der Waals surface area contributed by atoms with Crippen LogP contribution in [-0.2, 0) is 4.18 Å². The number of aliphatic imine (C=N–C) groups is 1. The number of thiol groups is 1. The Kier molecular flexibility index (Phi) is 2.16. The first-order valence-corrected chi connectivity index (χ1v) is 3.26. The molecule has 0 N–H and O–H groups in total. The number of hydrogen-bond acceptors (Lipinski definition) is 4. The number of rotatable bonds is 0. The average molecular weight is 160 g/mol. The molecule has 1 rings (SSSR count). The lowest BCUT2D eigenvalue weighted by Crippen LogP contribution is -2.31. The minimum Gasteiger partial charge on any atom is -0.378 e. The van der Waals surface area contributed by atoms with Gasteiger partial charge in [0.1, 0.15) is 5.84 Å². The number of carbonyl (C=O) groups is 1. The van der Waals surface area contributed by atoms with E-state index < -0.39 is 6.09 Å². The van der Waals surface area contributed by atoms with E-state index >= 15 is 0 Å². The van der Waals surface area contributed by atoms with Crippen molar-refractivity contribution in [2.24, 2.45) is 4.99 Å². The van der Waals surface area contributed by atoms with Crippen molar-refractivity contribution in [1.29, 1.82) is 0 Å². The maximum absolute atomic E-state index is 10.8. The summed E-state index contributed by atoms with van der Waals surface area (Å²) in [4.78, 5) is 16.2. The Morgan fingerprint density at radius 3 is 3.00 bits per heavy atom. The van der Waals surface area contributed by atoms with E-state index in [-0.39, 0.29) is 0 Å². The van der Waals surface area contributed by atoms with E-state index in [1.807, 2.05) is 0 Å². The zero-order valence-corrected chi connectivity index (χ0v) is 6.47. The summed E-state index contributed by atoms with van der Waals surface area (Å²) in [7, 11) is 0. The molecule has 0 aliphatic carbocycles. The van der Waals surface area contributed by atoms with Gasteiger partial charge < -0.3 is 4.18 Å². The van der Waals surface area contributed by atoms with Crippen LogP contribution in [0.5, 0.6) is 0 Å². The highest BCUT2D eigenvalue weighted by molar-refractivity contribution is 7.75. The predicted molar refractivity (Wildman–Crippen MR) is 40.1 cm³/mol. The van der Waals surface area contributed by atoms with Crippen LogP contribution in [0.4, 0.5) is 4.79 Å². The second kappa shape index (κ2) is 2.92. The molecule has 0 atom stereocenters. The second-order valence-electron chi connectivity index (χ2n) is 1.94. The zero-order chi connectivity index (χ0) is 7.56. The fourth-order valence-corrected chi connectivity index (χ4v) is 0.930. The van der Waals surface area contributed by atoms with Gasteiger partial charge in [0.15, 0.2) is 0 Å². The van der Waals surface area contributed by atoms with E-state index in [2.05, 4.69) is 22.1 Å². The molecule has 0 unspecified atom stereocenters.